The van der Waals surface area contributed by atoms with Crippen molar-refractivity contribution >= 4 is 23.4 Å². The number of amides is 2. The molecule has 0 atom stereocenters. The quantitative estimate of drug-likeness (QED) is 0.611. The van der Waals surface area contributed by atoms with Crippen LogP contribution in [0, 0.1) is 5.82 Å². The van der Waals surface area contributed by atoms with E-state index in [0.29, 0.717) is 31.7 Å². The third kappa shape index (κ3) is 4.21. The second-order valence-electron chi connectivity index (χ2n) is 7.15. The molecular weight excluding hydrogens is 403 g/mol. The number of hydrogen-bond donors (Lipinski definition) is 0. The number of nitrogens with zero attached hydrogens (tertiary/aromatic N) is 2. The van der Waals surface area contributed by atoms with Crippen molar-refractivity contribution in [1.29, 1.82) is 0 Å². The molecular formula is C24H20ClFN2O2. The van der Waals surface area contributed by atoms with E-state index < -0.39 is 5.82 Å². The highest BCUT2D eigenvalue weighted by Crippen LogP contribution is 2.22. The Hall–Kier alpha value is -3.18. The molecule has 0 aliphatic carbocycles. The van der Waals surface area contributed by atoms with E-state index in [9.17, 15) is 14.0 Å². The van der Waals surface area contributed by atoms with E-state index in [2.05, 4.69) is 0 Å². The molecule has 2 amide bonds. The average molecular weight is 423 g/mol. The lowest BCUT2D eigenvalue weighted by Gasteiger charge is -2.35. The molecule has 0 saturated carbocycles. The Kier molecular flexibility index (Phi) is 5.81. The fourth-order valence-electron chi connectivity index (χ4n) is 3.56. The summed E-state index contributed by atoms with van der Waals surface area (Å²) in [6, 6.07) is 21.3. The molecule has 3 aromatic carbocycles. The number of hydrogen-bond acceptors (Lipinski definition) is 2. The SMILES string of the molecule is O=C(c1ccc(-c2ccccc2)cc1)N1CCN(C(=O)c2ccc(F)cc2Cl)CC1. The molecule has 6 heteroatoms. The molecule has 0 bridgehead atoms. The summed E-state index contributed by atoms with van der Waals surface area (Å²) in [7, 11) is 0. The first-order valence-corrected chi connectivity index (χ1v) is 10.1. The Bertz CT molecular complexity index is 1060. The molecule has 4 rings (SSSR count). The van der Waals surface area contributed by atoms with Gasteiger partial charge >= 0.3 is 0 Å². The Morgan fingerprint density at radius 2 is 1.30 bits per heavy atom. The zero-order chi connectivity index (χ0) is 21.1. The van der Waals surface area contributed by atoms with Crippen LogP contribution in [0.4, 0.5) is 4.39 Å². The highest BCUT2D eigenvalue weighted by molar-refractivity contribution is 6.33. The predicted molar refractivity (Wildman–Crippen MR) is 115 cm³/mol. The summed E-state index contributed by atoms with van der Waals surface area (Å²) >= 11 is 6.01. The third-order valence-corrected chi connectivity index (χ3v) is 5.57. The highest BCUT2D eigenvalue weighted by atomic mass is 35.5. The largest absolute Gasteiger partial charge is 0.335 e. The minimum absolute atomic E-state index is 0.0541. The zero-order valence-corrected chi connectivity index (χ0v) is 17.0. The first kappa shape index (κ1) is 20.1. The molecule has 3 aromatic rings. The Labute approximate surface area is 179 Å². The smallest absolute Gasteiger partial charge is 0.255 e. The average Bonchev–Trinajstić information content (AvgIpc) is 2.79. The van der Waals surface area contributed by atoms with Crippen LogP contribution >= 0.6 is 11.6 Å². The summed E-state index contributed by atoms with van der Waals surface area (Å²) in [5.74, 6) is -0.786. The molecule has 0 unspecified atom stereocenters. The first-order valence-electron chi connectivity index (χ1n) is 9.72. The predicted octanol–water partition coefficient (Wildman–Crippen LogP) is 4.74. The van der Waals surface area contributed by atoms with E-state index in [-0.39, 0.29) is 22.4 Å². The van der Waals surface area contributed by atoms with E-state index in [1.165, 1.54) is 12.1 Å². The fourth-order valence-corrected chi connectivity index (χ4v) is 3.81. The Morgan fingerprint density at radius 3 is 1.90 bits per heavy atom. The second kappa shape index (κ2) is 8.67. The van der Waals surface area contributed by atoms with E-state index >= 15 is 0 Å². The van der Waals surface area contributed by atoms with Crippen molar-refractivity contribution in [2.75, 3.05) is 26.2 Å². The minimum atomic E-state index is -0.481. The van der Waals surface area contributed by atoms with Gasteiger partial charge in [-0.15, -0.1) is 0 Å². The van der Waals surface area contributed by atoms with E-state index in [1.807, 2.05) is 54.6 Å². The summed E-state index contributed by atoms with van der Waals surface area (Å²) in [5.41, 5.74) is 3.05. The molecule has 4 nitrogen and oxygen atoms in total. The van der Waals surface area contributed by atoms with Crippen LogP contribution in [0.25, 0.3) is 11.1 Å². The van der Waals surface area contributed by atoms with E-state index in [0.717, 1.165) is 17.2 Å². The van der Waals surface area contributed by atoms with Crippen molar-refractivity contribution in [2.24, 2.45) is 0 Å². The van der Waals surface area contributed by atoms with Crippen LogP contribution in [0.1, 0.15) is 20.7 Å². The molecule has 0 radical (unpaired) electrons. The van der Waals surface area contributed by atoms with Crippen LogP contribution in [-0.2, 0) is 0 Å². The van der Waals surface area contributed by atoms with E-state index in [4.69, 9.17) is 11.6 Å². The molecule has 152 valence electrons. The van der Waals surface area contributed by atoms with Gasteiger partial charge in [-0.05, 0) is 41.5 Å². The maximum atomic E-state index is 13.2. The van der Waals surface area contributed by atoms with Crippen LogP contribution in [0.3, 0.4) is 0 Å². The molecule has 30 heavy (non-hydrogen) atoms. The lowest BCUT2D eigenvalue weighted by Crippen LogP contribution is -2.50. The van der Waals surface area contributed by atoms with Gasteiger partial charge in [0.25, 0.3) is 11.8 Å². The number of carbonyl (C=O) groups excluding carboxylic acids is 2. The Morgan fingerprint density at radius 1 is 0.733 bits per heavy atom. The van der Waals surface area contributed by atoms with Crippen molar-refractivity contribution in [1.82, 2.24) is 9.80 Å². The normalized spacial score (nSPS) is 13.9. The zero-order valence-electron chi connectivity index (χ0n) is 16.2. The molecule has 1 saturated heterocycles. The molecule has 1 heterocycles. The van der Waals surface area contributed by atoms with Gasteiger partial charge in [0, 0.05) is 31.7 Å². The van der Waals surface area contributed by atoms with Crippen molar-refractivity contribution in [3.8, 4) is 11.1 Å². The molecule has 1 fully saturated rings. The summed E-state index contributed by atoms with van der Waals surface area (Å²) in [6.07, 6.45) is 0. The van der Waals surface area contributed by atoms with Gasteiger partial charge in [0.15, 0.2) is 0 Å². The molecule has 1 aliphatic rings. The van der Waals surface area contributed by atoms with Gasteiger partial charge in [0.2, 0.25) is 0 Å². The van der Waals surface area contributed by atoms with Crippen LogP contribution in [0.5, 0.6) is 0 Å². The van der Waals surface area contributed by atoms with Gasteiger partial charge in [-0.3, -0.25) is 9.59 Å². The van der Waals surface area contributed by atoms with Gasteiger partial charge < -0.3 is 9.80 Å². The lowest BCUT2D eigenvalue weighted by molar-refractivity contribution is 0.0535. The van der Waals surface area contributed by atoms with Gasteiger partial charge in [0.05, 0.1) is 10.6 Å². The van der Waals surface area contributed by atoms with Gasteiger partial charge in [-0.1, -0.05) is 54.1 Å². The first-order chi connectivity index (χ1) is 14.5. The summed E-state index contributed by atoms with van der Waals surface area (Å²) in [4.78, 5) is 28.9. The molecule has 0 spiro atoms. The Balaban J connectivity index is 1.39. The van der Waals surface area contributed by atoms with Crippen LogP contribution in [0.15, 0.2) is 72.8 Å². The summed E-state index contributed by atoms with van der Waals surface area (Å²) < 4.78 is 13.2. The van der Waals surface area contributed by atoms with Crippen LogP contribution < -0.4 is 0 Å². The van der Waals surface area contributed by atoms with Gasteiger partial charge in [-0.2, -0.15) is 0 Å². The molecule has 0 N–H and O–H groups in total. The number of rotatable bonds is 3. The van der Waals surface area contributed by atoms with Crippen LogP contribution in [0.2, 0.25) is 5.02 Å². The monoisotopic (exact) mass is 422 g/mol. The standard InChI is InChI=1S/C24H20ClFN2O2/c25-22-16-20(26)10-11-21(22)24(30)28-14-12-27(13-15-28)23(29)19-8-6-18(7-9-19)17-4-2-1-3-5-17/h1-11,16H,12-15H2. The van der Waals surface area contributed by atoms with E-state index in [1.54, 1.807) is 9.80 Å². The lowest BCUT2D eigenvalue weighted by atomic mass is 10.0. The van der Waals surface area contributed by atoms with Crippen molar-refractivity contribution in [2.45, 2.75) is 0 Å². The summed E-state index contributed by atoms with van der Waals surface area (Å²) in [5, 5.41) is 0.0945. The topological polar surface area (TPSA) is 40.6 Å². The minimum Gasteiger partial charge on any atom is -0.335 e. The van der Waals surface area contributed by atoms with Crippen molar-refractivity contribution < 1.29 is 14.0 Å². The number of piperazine rings is 1. The molecule has 1 aliphatic heterocycles. The van der Waals surface area contributed by atoms with Crippen LogP contribution in [-0.4, -0.2) is 47.8 Å². The number of halogens is 2. The third-order valence-electron chi connectivity index (χ3n) is 5.25. The number of carbonyl (C=O) groups is 2. The fraction of sp³-hybridized carbons (Fsp3) is 0.167. The van der Waals surface area contributed by atoms with Crippen molar-refractivity contribution in [3.63, 3.8) is 0 Å². The molecule has 0 aromatic heterocycles. The van der Waals surface area contributed by atoms with Crippen molar-refractivity contribution in [3.05, 3.63) is 94.8 Å². The maximum absolute atomic E-state index is 13.2. The summed E-state index contributed by atoms with van der Waals surface area (Å²) in [6.45, 7) is 1.68. The van der Waals surface area contributed by atoms with Gasteiger partial charge in [0.1, 0.15) is 5.82 Å². The second-order valence-corrected chi connectivity index (χ2v) is 7.56. The van der Waals surface area contributed by atoms with Gasteiger partial charge in [-0.25, -0.2) is 4.39 Å². The number of benzene rings is 3. The maximum Gasteiger partial charge on any atom is 0.255 e. The highest BCUT2D eigenvalue weighted by Gasteiger charge is 2.26.